The number of nitrogens with one attached hydrogen (secondary N) is 1. The molecule has 0 aromatic carbocycles. The second-order valence-corrected chi connectivity index (χ2v) is 3.06. The Hall–Kier alpha value is -1.04. The molecule has 2 atom stereocenters. The van der Waals surface area contributed by atoms with Crippen LogP contribution in [0.1, 0.15) is 20.3 Å². The zero-order valence-corrected chi connectivity index (χ0v) is 8.74. The minimum absolute atomic E-state index is 0.0198. The van der Waals surface area contributed by atoms with Crippen LogP contribution in [-0.4, -0.2) is 32.3 Å². The maximum absolute atomic E-state index is 11.3. The van der Waals surface area contributed by atoms with E-state index < -0.39 is 17.8 Å². The molecule has 0 bridgehead atoms. The summed E-state index contributed by atoms with van der Waals surface area (Å²) in [5.41, 5.74) is 5.01. The topological polar surface area (TPSA) is 81.4 Å². The lowest BCUT2D eigenvalue weighted by molar-refractivity contribution is -0.144. The van der Waals surface area contributed by atoms with E-state index in [0.717, 1.165) is 13.8 Å². The number of esters is 1. The van der Waals surface area contributed by atoms with Gasteiger partial charge in [0.1, 0.15) is 6.04 Å². The van der Waals surface area contributed by atoms with E-state index in [0.29, 0.717) is 0 Å². The molecular formula is C8H16BN2O3. The fourth-order valence-corrected chi connectivity index (χ4v) is 0.998. The van der Waals surface area contributed by atoms with Crippen molar-refractivity contribution in [2.24, 2.45) is 11.6 Å². The van der Waals surface area contributed by atoms with Crippen molar-refractivity contribution in [2.45, 2.75) is 26.3 Å². The number of ether oxygens (including phenoxy) is 1. The summed E-state index contributed by atoms with van der Waals surface area (Å²) in [4.78, 5) is 22.2. The lowest BCUT2D eigenvalue weighted by atomic mass is 9.92. The smallest absolute Gasteiger partial charge is 0.328 e. The van der Waals surface area contributed by atoms with Crippen molar-refractivity contribution < 1.29 is 14.3 Å². The van der Waals surface area contributed by atoms with Crippen molar-refractivity contribution in [3.8, 4) is 0 Å². The third-order valence-electron chi connectivity index (χ3n) is 2.12. The van der Waals surface area contributed by atoms with Crippen molar-refractivity contribution in [3.05, 3.63) is 0 Å². The largest absolute Gasteiger partial charge is 0.467 e. The van der Waals surface area contributed by atoms with Gasteiger partial charge in [-0.15, -0.1) is 0 Å². The molecule has 5 nitrogen and oxygen atoms in total. The minimum Gasteiger partial charge on any atom is -0.467 e. The van der Waals surface area contributed by atoms with Crippen LogP contribution in [0.5, 0.6) is 0 Å². The van der Waals surface area contributed by atoms with E-state index >= 15 is 0 Å². The molecule has 3 N–H and O–H groups in total. The van der Waals surface area contributed by atoms with E-state index in [1.807, 2.05) is 13.8 Å². The van der Waals surface area contributed by atoms with Crippen LogP contribution in [0.4, 0.5) is 4.79 Å². The van der Waals surface area contributed by atoms with Crippen molar-refractivity contribution in [3.63, 3.8) is 0 Å². The predicted molar refractivity (Wildman–Crippen MR) is 53.7 cm³/mol. The fraction of sp³-hybridized carbons (Fsp3) is 0.750. The molecule has 0 saturated carbocycles. The summed E-state index contributed by atoms with van der Waals surface area (Å²) >= 11 is 0. The molecule has 0 rings (SSSR count). The molecule has 6 heteroatoms. The lowest BCUT2D eigenvalue weighted by Gasteiger charge is -2.21. The quantitative estimate of drug-likeness (QED) is 0.477. The van der Waals surface area contributed by atoms with Crippen molar-refractivity contribution in [2.75, 3.05) is 7.11 Å². The highest BCUT2D eigenvalue weighted by atomic mass is 16.5. The van der Waals surface area contributed by atoms with Crippen LogP contribution < -0.4 is 11.0 Å². The first-order valence-electron chi connectivity index (χ1n) is 4.50. The summed E-state index contributed by atoms with van der Waals surface area (Å²) in [5.74, 6) is -0.901. The molecule has 0 heterocycles. The van der Waals surface area contributed by atoms with Crippen LogP contribution >= 0.6 is 0 Å². The number of nitrogens with two attached hydrogens (primary N) is 1. The zero-order chi connectivity index (χ0) is 11.1. The van der Waals surface area contributed by atoms with Crippen molar-refractivity contribution >= 4 is 19.2 Å². The van der Waals surface area contributed by atoms with Gasteiger partial charge in [0.2, 0.25) is 0 Å². The van der Waals surface area contributed by atoms with E-state index in [9.17, 15) is 9.59 Å². The molecule has 14 heavy (non-hydrogen) atoms. The minimum atomic E-state index is -0.628. The van der Waals surface area contributed by atoms with Crippen LogP contribution in [-0.2, 0) is 9.53 Å². The predicted octanol–water partition coefficient (Wildman–Crippen LogP) is -0.138. The Morgan fingerprint density at radius 2 is 2.14 bits per heavy atom. The number of hydrogen-bond donors (Lipinski definition) is 2. The zero-order valence-electron chi connectivity index (χ0n) is 8.74. The van der Waals surface area contributed by atoms with Crippen LogP contribution in [0, 0.1) is 5.92 Å². The van der Waals surface area contributed by atoms with Gasteiger partial charge in [0.25, 0.3) is 0 Å². The summed E-state index contributed by atoms with van der Waals surface area (Å²) in [5, 5.41) is 2.47. The molecule has 0 fully saturated rings. The Kier molecular flexibility index (Phi) is 5.95. The summed E-state index contributed by atoms with van der Waals surface area (Å²) in [6.07, 6.45) is 0.768. The molecule has 79 valence electrons. The summed E-state index contributed by atoms with van der Waals surface area (Å²) in [6, 6.07) is -0.628. The highest BCUT2D eigenvalue weighted by molar-refractivity contribution is 6.70. The molecule has 0 aromatic heterocycles. The maximum atomic E-state index is 11.3. The molecule has 0 aliphatic rings. The lowest BCUT2D eigenvalue weighted by Crippen LogP contribution is -2.48. The fourth-order valence-electron chi connectivity index (χ4n) is 0.998. The number of methoxy groups -OCH3 is 1. The Morgan fingerprint density at radius 3 is 2.50 bits per heavy atom. The number of amides is 1. The summed E-state index contributed by atoms with van der Waals surface area (Å²) < 4.78 is 4.57. The van der Waals surface area contributed by atoms with E-state index in [4.69, 9.17) is 5.64 Å². The normalized spacial score (nSPS) is 14.0. The molecule has 1 amide bonds. The van der Waals surface area contributed by atoms with Crippen molar-refractivity contribution in [1.82, 2.24) is 5.32 Å². The SMILES string of the molecule is CC[C@H](C)[C@H](NC(=O)[B]N)C(=O)OC. The molecule has 0 unspecified atom stereocenters. The molecule has 0 saturated heterocycles. The molecule has 0 aliphatic carbocycles. The second-order valence-electron chi connectivity index (χ2n) is 3.06. The molecule has 0 spiro atoms. The standard InChI is InChI=1S/C8H16BN2O3/c1-4-5(2)6(7(12)14-3)11-8(13)9-10/h5-6H,4,10H2,1-3H3,(H,11,13)/t5-,6-/m0/s1. The second kappa shape index (κ2) is 6.42. The third kappa shape index (κ3) is 3.78. The molecule has 0 aromatic rings. The van der Waals surface area contributed by atoms with Gasteiger partial charge < -0.3 is 15.7 Å². The number of carbonyl (C=O) groups excluding carboxylic acids is 2. The Balaban J connectivity index is 4.39. The van der Waals surface area contributed by atoms with Crippen LogP contribution in [0.3, 0.4) is 0 Å². The Bertz CT molecular complexity index is 211. The number of hydrogen-bond acceptors (Lipinski definition) is 4. The van der Waals surface area contributed by atoms with Crippen LogP contribution in [0.25, 0.3) is 0 Å². The van der Waals surface area contributed by atoms with Gasteiger partial charge in [-0.2, -0.15) is 0 Å². The van der Waals surface area contributed by atoms with Gasteiger partial charge in [-0.05, 0) is 5.92 Å². The van der Waals surface area contributed by atoms with E-state index in [1.165, 1.54) is 7.11 Å². The van der Waals surface area contributed by atoms with Gasteiger partial charge in [-0.3, -0.25) is 4.79 Å². The van der Waals surface area contributed by atoms with Crippen LogP contribution in [0.2, 0.25) is 0 Å². The summed E-state index contributed by atoms with van der Waals surface area (Å²) in [7, 11) is 2.17. The maximum Gasteiger partial charge on any atom is 0.328 e. The monoisotopic (exact) mass is 199 g/mol. The van der Waals surface area contributed by atoms with E-state index in [2.05, 4.69) is 10.1 Å². The van der Waals surface area contributed by atoms with E-state index in [1.54, 1.807) is 0 Å². The third-order valence-corrected chi connectivity index (χ3v) is 2.12. The van der Waals surface area contributed by atoms with Crippen molar-refractivity contribution in [1.29, 1.82) is 0 Å². The summed E-state index contributed by atoms with van der Waals surface area (Å²) in [6.45, 7) is 3.79. The van der Waals surface area contributed by atoms with Gasteiger partial charge in [-0.25, -0.2) is 4.79 Å². The van der Waals surface area contributed by atoms with Gasteiger partial charge in [0, 0.05) is 0 Å². The van der Waals surface area contributed by atoms with Gasteiger partial charge in [0.15, 0.2) is 5.81 Å². The van der Waals surface area contributed by atoms with Gasteiger partial charge in [-0.1, -0.05) is 20.3 Å². The number of rotatable bonds is 5. The molecule has 1 radical (unpaired) electrons. The average molecular weight is 199 g/mol. The Labute approximate surface area is 84.6 Å². The highest BCUT2D eigenvalue weighted by Gasteiger charge is 2.26. The average Bonchev–Trinajstić information content (AvgIpc) is 2.23. The van der Waals surface area contributed by atoms with Crippen LogP contribution in [0.15, 0.2) is 0 Å². The molecular weight excluding hydrogens is 183 g/mol. The number of carbonyl (C=O) groups is 2. The first-order valence-corrected chi connectivity index (χ1v) is 4.50. The molecule has 0 aliphatic heterocycles. The van der Waals surface area contributed by atoms with E-state index in [-0.39, 0.29) is 5.92 Å². The first kappa shape index (κ1) is 13.0. The Morgan fingerprint density at radius 1 is 1.57 bits per heavy atom. The highest BCUT2D eigenvalue weighted by Crippen LogP contribution is 2.08. The van der Waals surface area contributed by atoms with Gasteiger partial charge in [0.05, 0.1) is 7.11 Å². The van der Waals surface area contributed by atoms with Gasteiger partial charge >= 0.3 is 13.4 Å². The first-order chi connectivity index (χ1) is 6.56.